The molecule has 0 aliphatic carbocycles. The molecule has 0 aromatic heterocycles. The van der Waals surface area contributed by atoms with Gasteiger partial charge in [0, 0.05) is 12.1 Å². The van der Waals surface area contributed by atoms with Crippen LogP contribution in [0.15, 0.2) is 98.1 Å². The van der Waals surface area contributed by atoms with E-state index in [9.17, 15) is 28.2 Å². The maximum Gasteiger partial charge on any atom is 0.294 e. The smallest absolute Gasteiger partial charge is 0.294 e. The molecule has 0 aliphatic rings. The van der Waals surface area contributed by atoms with E-state index >= 15 is 0 Å². The molecule has 0 unspecified atom stereocenters. The van der Waals surface area contributed by atoms with Gasteiger partial charge in [0.25, 0.3) is 15.8 Å². The summed E-state index contributed by atoms with van der Waals surface area (Å²) < 4.78 is 31.8. The van der Waals surface area contributed by atoms with Crippen molar-refractivity contribution >= 4 is 55.0 Å². The number of nitro benzene ring substituents is 1. The quantitative estimate of drug-likeness (QED) is 0.0948. The van der Waals surface area contributed by atoms with Gasteiger partial charge in [0.15, 0.2) is 5.75 Å². The molecule has 0 radical (unpaired) electrons. The summed E-state index contributed by atoms with van der Waals surface area (Å²) in [5, 5.41) is 38.4. The van der Waals surface area contributed by atoms with Crippen molar-refractivity contribution in [1.29, 1.82) is 0 Å². The Morgan fingerprint density at radius 3 is 2.11 bits per heavy atom. The summed E-state index contributed by atoms with van der Waals surface area (Å²) in [5.74, 6) is -0.276. The van der Waals surface area contributed by atoms with Gasteiger partial charge < -0.3 is 10.8 Å². The molecule has 0 saturated carbocycles. The highest BCUT2D eigenvalue weighted by Gasteiger charge is 2.13. The van der Waals surface area contributed by atoms with E-state index in [1.54, 1.807) is 18.2 Å². The predicted octanol–water partition coefficient (Wildman–Crippen LogP) is 6.11. The molecule has 176 valence electrons. The van der Waals surface area contributed by atoms with Gasteiger partial charge in [-0.05, 0) is 47.9 Å². The van der Waals surface area contributed by atoms with Crippen LogP contribution >= 0.6 is 0 Å². The normalized spacial score (nSPS) is 12.0. The summed E-state index contributed by atoms with van der Waals surface area (Å²) in [5.41, 5.74) is 7.08. The third-order valence-electron chi connectivity index (χ3n) is 4.88. The van der Waals surface area contributed by atoms with Crippen LogP contribution in [0.3, 0.4) is 0 Å². The van der Waals surface area contributed by atoms with E-state index in [0.29, 0.717) is 11.1 Å². The number of nitrogens with two attached hydrogens (primary N) is 1. The Bertz CT molecular complexity index is 1620. The zero-order valence-corrected chi connectivity index (χ0v) is 18.5. The molecule has 13 heteroatoms. The van der Waals surface area contributed by atoms with Crippen LogP contribution < -0.4 is 5.73 Å². The number of hydrogen-bond acceptors (Lipinski definition) is 10. The molecular weight excluding hydrogens is 476 g/mol. The van der Waals surface area contributed by atoms with Gasteiger partial charge >= 0.3 is 0 Å². The van der Waals surface area contributed by atoms with Crippen LogP contribution in [0.2, 0.25) is 0 Å². The molecule has 0 fully saturated rings. The number of nitrogen functional groups attached to an aromatic ring is 1. The molecule has 35 heavy (non-hydrogen) atoms. The standard InChI is InChI=1S/C22H16N6O6S/c23-21-18(26-24-14-6-8-16(9-7-14)28(30)31)10-4-13-5-11-19(22(29)20(13)21)27-25-15-2-1-3-17(12-15)35(32,33)34/h1-12,29H,23H2,(H,32,33,34). The molecule has 12 nitrogen and oxygen atoms in total. The minimum Gasteiger partial charge on any atom is -0.505 e. The Labute approximate surface area is 198 Å². The van der Waals surface area contributed by atoms with Crippen molar-refractivity contribution < 1.29 is 23.0 Å². The van der Waals surface area contributed by atoms with Gasteiger partial charge in [-0.1, -0.05) is 18.2 Å². The van der Waals surface area contributed by atoms with E-state index in [0.717, 1.165) is 6.07 Å². The Balaban J connectivity index is 1.67. The second-order valence-corrected chi connectivity index (χ2v) is 8.60. The summed E-state index contributed by atoms with van der Waals surface area (Å²) in [6.07, 6.45) is 0. The topological polar surface area (TPSA) is 193 Å². The summed E-state index contributed by atoms with van der Waals surface area (Å²) in [6.45, 7) is 0. The minimum absolute atomic E-state index is 0.0610. The van der Waals surface area contributed by atoms with Crippen molar-refractivity contribution in [2.75, 3.05) is 5.73 Å². The van der Waals surface area contributed by atoms with E-state index in [2.05, 4.69) is 20.5 Å². The maximum atomic E-state index is 11.3. The lowest BCUT2D eigenvalue weighted by Gasteiger charge is -2.08. The maximum absolute atomic E-state index is 11.3. The van der Waals surface area contributed by atoms with E-state index in [1.165, 1.54) is 48.5 Å². The zero-order chi connectivity index (χ0) is 25.2. The fraction of sp³-hybridized carbons (Fsp3) is 0. The lowest BCUT2D eigenvalue weighted by molar-refractivity contribution is -0.384. The van der Waals surface area contributed by atoms with Crippen molar-refractivity contribution in [2.45, 2.75) is 4.90 Å². The predicted molar refractivity (Wildman–Crippen MR) is 128 cm³/mol. The van der Waals surface area contributed by atoms with Crippen LogP contribution in [0.1, 0.15) is 0 Å². The van der Waals surface area contributed by atoms with Crippen LogP contribution in [0.4, 0.5) is 34.1 Å². The molecule has 0 aliphatic heterocycles. The van der Waals surface area contributed by atoms with E-state index in [-0.39, 0.29) is 44.5 Å². The minimum atomic E-state index is -4.40. The molecule has 0 spiro atoms. The highest BCUT2D eigenvalue weighted by atomic mass is 32.2. The van der Waals surface area contributed by atoms with Gasteiger partial charge in [-0.2, -0.15) is 18.6 Å². The van der Waals surface area contributed by atoms with Crippen molar-refractivity contribution in [2.24, 2.45) is 20.5 Å². The second-order valence-electron chi connectivity index (χ2n) is 7.18. The summed E-state index contributed by atoms with van der Waals surface area (Å²) in [6, 6.07) is 17.1. The first-order valence-corrected chi connectivity index (χ1v) is 11.3. The third-order valence-corrected chi connectivity index (χ3v) is 5.73. The van der Waals surface area contributed by atoms with Crippen molar-refractivity contribution in [3.05, 3.63) is 82.9 Å². The lowest BCUT2D eigenvalue weighted by atomic mass is 10.1. The number of nitrogens with zero attached hydrogens (tertiary/aromatic N) is 5. The number of anilines is 1. The van der Waals surface area contributed by atoms with Crippen molar-refractivity contribution in [3.8, 4) is 5.75 Å². The number of non-ortho nitro benzene ring substituents is 1. The highest BCUT2D eigenvalue weighted by molar-refractivity contribution is 7.85. The largest absolute Gasteiger partial charge is 0.505 e. The van der Waals surface area contributed by atoms with Gasteiger partial charge in [0.2, 0.25) is 0 Å². The average Bonchev–Trinajstić information content (AvgIpc) is 2.83. The van der Waals surface area contributed by atoms with E-state index < -0.39 is 15.0 Å². The fourth-order valence-electron chi connectivity index (χ4n) is 3.14. The number of hydrogen-bond donors (Lipinski definition) is 3. The molecule has 4 aromatic carbocycles. The first kappa shape index (κ1) is 23.4. The molecule has 0 amide bonds. The molecule has 0 atom stereocenters. The number of phenolic OH excluding ortho intramolecular Hbond substituents is 1. The van der Waals surface area contributed by atoms with Gasteiger partial charge in [0.1, 0.15) is 11.4 Å². The molecular formula is C22H16N6O6S. The number of aromatic hydroxyl groups is 1. The van der Waals surface area contributed by atoms with Crippen molar-refractivity contribution in [3.63, 3.8) is 0 Å². The van der Waals surface area contributed by atoms with Crippen LogP contribution in [-0.2, 0) is 10.1 Å². The zero-order valence-electron chi connectivity index (χ0n) is 17.7. The number of benzene rings is 4. The fourth-order valence-corrected chi connectivity index (χ4v) is 3.66. The summed E-state index contributed by atoms with van der Waals surface area (Å²) in [7, 11) is -4.40. The number of azo groups is 2. The number of fused-ring (bicyclic) bond motifs is 1. The molecule has 0 heterocycles. The Kier molecular flexibility index (Phi) is 6.18. The molecule has 0 bridgehead atoms. The molecule has 4 N–H and O–H groups in total. The van der Waals surface area contributed by atoms with E-state index in [4.69, 9.17) is 5.73 Å². The Morgan fingerprint density at radius 1 is 0.829 bits per heavy atom. The Morgan fingerprint density at radius 2 is 1.46 bits per heavy atom. The molecule has 0 saturated heterocycles. The average molecular weight is 492 g/mol. The number of nitro groups is 1. The van der Waals surface area contributed by atoms with E-state index in [1.807, 2.05) is 0 Å². The Hall–Kier alpha value is -4.75. The van der Waals surface area contributed by atoms with Crippen molar-refractivity contribution in [1.82, 2.24) is 0 Å². The van der Waals surface area contributed by atoms with Gasteiger partial charge in [-0.25, -0.2) is 0 Å². The van der Waals surface area contributed by atoms with Gasteiger partial charge in [-0.3, -0.25) is 14.7 Å². The SMILES string of the molecule is Nc1c(N=Nc2ccc([N+](=O)[O-])cc2)ccc2ccc(N=Nc3cccc(S(=O)(=O)O)c3)c(O)c12. The monoisotopic (exact) mass is 492 g/mol. The molecule has 4 rings (SSSR count). The van der Waals surface area contributed by atoms with Gasteiger partial charge in [0.05, 0.1) is 32.3 Å². The van der Waals surface area contributed by atoms with Crippen LogP contribution in [0, 0.1) is 10.1 Å². The first-order chi connectivity index (χ1) is 16.6. The highest BCUT2D eigenvalue weighted by Crippen LogP contribution is 2.42. The van der Waals surface area contributed by atoms with Crippen LogP contribution in [0.5, 0.6) is 5.75 Å². The van der Waals surface area contributed by atoms with Gasteiger partial charge in [-0.15, -0.1) is 10.2 Å². The number of rotatable bonds is 6. The van der Waals surface area contributed by atoms with Crippen LogP contribution in [-0.4, -0.2) is 23.0 Å². The number of phenols is 1. The third kappa shape index (κ3) is 5.10. The second kappa shape index (κ2) is 9.24. The summed E-state index contributed by atoms with van der Waals surface area (Å²) >= 11 is 0. The first-order valence-electron chi connectivity index (χ1n) is 9.83. The van der Waals surface area contributed by atoms with Crippen LogP contribution in [0.25, 0.3) is 10.8 Å². The summed E-state index contributed by atoms with van der Waals surface area (Å²) in [4.78, 5) is 9.90. The lowest BCUT2D eigenvalue weighted by Crippen LogP contribution is -1.96. The molecule has 4 aromatic rings.